The summed E-state index contributed by atoms with van der Waals surface area (Å²) in [6, 6.07) is 23.3. The molecule has 130 valence electrons. The van der Waals surface area contributed by atoms with Crippen LogP contribution in [0.4, 0.5) is 5.69 Å². The molecule has 4 rings (SSSR count). The van der Waals surface area contributed by atoms with E-state index in [1.54, 1.807) is 0 Å². The lowest BCUT2D eigenvalue weighted by molar-refractivity contribution is 0.0666. The van der Waals surface area contributed by atoms with Gasteiger partial charge >= 0.3 is 0 Å². The molecule has 0 spiro atoms. The van der Waals surface area contributed by atoms with Gasteiger partial charge < -0.3 is 10.2 Å². The number of amides is 1. The molecule has 0 saturated carbocycles. The molecule has 3 nitrogen and oxygen atoms in total. The Balaban J connectivity index is 1.74. The van der Waals surface area contributed by atoms with E-state index >= 15 is 0 Å². The molecule has 0 aliphatic carbocycles. The fourth-order valence-electron chi connectivity index (χ4n) is 3.15. The maximum absolute atomic E-state index is 13.2. The molecule has 1 atom stereocenters. The molecular weight excluding hydrogens is 412 g/mol. The van der Waals surface area contributed by atoms with Crippen LogP contribution in [0.3, 0.4) is 0 Å². The molecule has 1 aliphatic rings. The SMILES string of the molecule is O=C1c2ccccc2N[C@@H](c2ccc(Br)cc2)N1Cc1ccc(Cl)cc1. The van der Waals surface area contributed by atoms with Gasteiger partial charge in [-0.3, -0.25) is 4.79 Å². The molecule has 5 heteroatoms. The lowest BCUT2D eigenvalue weighted by atomic mass is 10.0. The van der Waals surface area contributed by atoms with Gasteiger partial charge in [0.15, 0.2) is 0 Å². The second kappa shape index (κ2) is 7.14. The Hall–Kier alpha value is -2.30. The van der Waals surface area contributed by atoms with Gasteiger partial charge in [0, 0.05) is 21.7 Å². The Morgan fingerprint density at radius 2 is 1.65 bits per heavy atom. The second-order valence-electron chi connectivity index (χ2n) is 6.20. The number of para-hydroxylation sites is 1. The summed E-state index contributed by atoms with van der Waals surface area (Å²) in [4.78, 5) is 15.0. The molecular formula is C21H16BrClN2O. The minimum atomic E-state index is -0.235. The van der Waals surface area contributed by atoms with Gasteiger partial charge in [0.05, 0.1) is 5.56 Å². The molecule has 1 aliphatic heterocycles. The molecule has 0 saturated heterocycles. The number of anilines is 1. The zero-order chi connectivity index (χ0) is 18.1. The Morgan fingerprint density at radius 3 is 2.38 bits per heavy atom. The highest BCUT2D eigenvalue weighted by molar-refractivity contribution is 9.10. The number of fused-ring (bicyclic) bond motifs is 1. The van der Waals surface area contributed by atoms with Crippen molar-refractivity contribution in [3.8, 4) is 0 Å². The van der Waals surface area contributed by atoms with Crippen molar-refractivity contribution in [2.45, 2.75) is 12.7 Å². The Bertz CT molecular complexity index is 941. The summed E-state index contributed by atoms with van der Waals surface area (Å²) in [6.45, 7) is 0.498. The van der Waals surface area contributed by atoms with Crippen LogP contribution in [0.1, 0.15) is 27.7 Å². The number of nitrogens with one attached hydrogen (secondary N) is 1. The predicted molar refractivity (Wildman–Crippen MR) is 108 cm³/mol. The highest BCUT2D eigenvalue weighted by atomic mass is 79.9. The van der Waals surface area contributed by atoms with Crippen molar-refractivity contribution >= 4 is 39.1 Å². The topological polar surface area (TPSA) is 32.3 Å². The number of rotatable bonds is 3. The van der Waals surface area contributed by atoms with Crippen LogP contribution in [0.5, 0.6) is 0 Å². The molecule has 3 aromatic carbocycles. The van der Waals surface area contributed by atoms with Crippen LogP contribution < -0.4 is 5.32 Å². The molecule has 1 amide bonds. The molecule has 3 aromatic rings. The first-order valence-electron chi connectivity index (χ1n) is 8.28. The van der Waals surface area contributed by atoms with E-state index in [0.717, 1.165) is 21.3 Å². The van der Waals surface area contributed by atoms with E-state index < -0.39 is 0 Å². The largest absolute Gasteiger partial charge is 0.361 e. The van der Waals surface area contributed by atoms with Crippen LogP contribution in [-0.4, -0.2) is 10.8 Å². The van der Waals surface area contributed by atoms with Crippen LogP contribution in [0.2, 0.25) is 5.02 Å². The quantitative estimate of drug-likeness (QED) is 0.567. The van der Waals surface area contributed by atoms with Gasteiger partial charge in [0.25, 0.3) is 5.91 Å². The molecule has 0 unspecified atom stereocenters. The van der Waals surface area contributed by atoms with E-state index in [4.69, 9.17) is 11.6 Å². The van der Waals surface area contributed by atoms with Gasteiger partial charge in [0.1, 0.15) is 6.17 Å². The second-order valence-corrected chi connectivity index (χ2v) is 7.56. The van der Waals surface area contributed by atoms with Crippen LogP contribution in [0, 0.1) is 0 Å². The van der Waals surface area contributed by atoms with Crippen LogP contribution in [-0.2, 0) is 6.54 Å². The number of hydrogen-bond acceptors (Lipinski definition) is 2. The first kappa shape index (κ1) is 17.1. The van der Waals surface area contributed by atoms with Gasteiger partial charge in [0.2, 0.25) is 0 Å². The fraction of sp³-hybridized carbons (Fsp3) is 0.0952. The number of carbonyl (C=O) groups excluding carboxylic acids is 1. The van der Waals surface area contributed by atoms with Gasteiger partial charge in [-0.2, -0.15) is 0 Å². The number of hydrogen-bond donors (Lipinski definition) is 1. The van der Waals surface area contributed by atoms with Crippen LogP contribution >= 0.6 is 27.5 Å². The van der Waals surface area contributed by atoms with Gasteiger partial charge in [-0.05, 0) is 47.5 Å². The molecule has 26 heavy (non-hydrogen) atoms. The summed E-state index contributed by atoms with van der Waals surface area (Å²) in [7, 11) is 0. The molecule has 0 bridgehead atoms. The lowest BCUT2D eigenvalue weighted by Gasteiger charge is -2.38. The highest BCUT2D eigenvalue weighted by Crippen LogP contribution is 2.34. The minimum Gasteiger partial charge on any atom is -0.361 e. The summed E-state index contributed by atoms with van der Waals surface area (Å²) < 4.78 is 1.01. The smallest absolute Gasteiger partial charge is 0.258 e. The van der Waals surface area contributed by atoms with Gasteiger partial charge in [-0.25, -0.2) is 0 Å². The maximum Gasteiger partial charge on any atom is 0.258 e. The van der Waals surface area contributed by atoms with Crippen molar-refractivity contribution < 1.29 is 4.79 Å². The first-order valence-corrected chi connectivity index (χ1v) is 9.45. The van der Waals surface area contributed by atoms with Gasteiger partial charge in [-0.15, -0.1) is 0 Å². The molecule has 0 fully saturated rings. The normalized spacial score (nSPS) is 16.2. The Morgan fingerprint density at radius 1 is 0.962 bits per heavy atom. The average molecular weight is 428 g/mol. The van der Waals surface area contributed by atoms with Crippen molar-refractivity contribution in [2.75, 3.05) is 5.32 Å². The zero-order valence-electron chi connectivity index (χ0n) is 13.8. The maximum atomic E-state index is 13.2. The minimum absolute atomic E-state index is 0.0159. The summed E-state index contributed by atoms with van der Waals surface area (Å²) in [5.41, 5.74) is 3.61. The summed E-state index contributed by atoms with van der Waals surface area (Å²) in [5.74, 6) is 0.0159. The Labute approximate surface area is 165 Å². The van der Waals surface area contributed by atoms with E-state index in [0.29, 0.717) is 17.1 Å². The van der Waals surface area contributed by atoms with Crippen molar-refractivity contribution in [1.82, 2.24) is 4.90 Å². The van der Waals surface area contributed by atoms with E-state index in [-0.39, 0.29) is 12.1 Å². The summed E-state index contributed by atoms with van der Waals surface area (Å²) in [6.07, 6.45) is -0.235. The predicted octanol–water partition coefficient (Wildman–Crippen LogP) is 5.87. The van der Waals surface area contributed by atoms with Gasteiger partial charge in [-0.1, -0.05) is 63.9 Å². The Kier molecular flexibility index (Phi) is 4.70. The lowest BCUT2D eigenvalue weighted by Crippen LogP contribution is -2.42. The fourth-order valence-corrected chi connectivity index (χ4v) is 3.54. The van der Waals surface area contributed by atoms with E-state index in [1.165, 1.54) is 0 Å². The number of benzene rings is 3. The van der Waals surface area contributed by atoms with Crippen LogP contribution in [0.15, 0.2) is 77.3 Å². The summed E-state index contributed by atoms with van der Waals surface area (Å²) in [5, 5.41) is 4.20. The van der Waals surface area contributed by atoms with Crippen LogP contribution in [0.25, 0.3) is 0 Å². The average Bonchev–Trinajstić information content (AvgIpc) is 2.66. The molecule has 0 aromatic heterocycles. The van der Waals surface area contributed by atoms with E-state index in [1.807, 2.05) is 77.7 Å². The molecule has 1 heterocycles. The third kappa shape index (κ3) is 3.35. The van der Waals surface area contributed by atoms with Crippen molar-refractivity contribution in [3.63, 3.8) is 0 Å². The third-order valence-corrected chi connectivity index (χ3v) is 5.25. The van der Waals surface area contributed by atoms with Crippen molar-refractivity contribution in [1.29, 1.82) is 0 Å². The van der Waals surface area contributed by atoms with E-state index in [2.05, 4.69) is 21.2 Å². The van der Waals surface area contributed by atoms with Crippen molar-refractivity contribution in [2.24, 2.45) is 0 Å². The number of halogens is 2. The van der Waals surface area contributed by atoms with E-state index in [9.17, 15) is 4.79 Å². The monoisotopic (exact) mass is 426 g/mol. The number of nitrogens with zero attached hydrogens (tertiary/aromatic N) is 1. The molecule has 1 N–H and O–H groups in total. The molecule has 0 radical (unpaired) electrons. The number of carbonyl (C=O) groups is 1. The highest BCUT2D eigenvalue weighted by Gasteiger charge is 2.32. The van der Waals surface area contributed by atoms with Crippen molar-refractivity contribution in [3.05, 3.63) is 99.0 Å². The first-order chi connectivity index (χ1) is 12.6. The standard InChI is InChI=1S/C21H16BrClN2O/c22-16-9-7-15(8-10-16)20-24-19-4-2-1-3-18(19)21(26)25(20)13-14-5-11-17(23)12-6-14/h1-12,20,24H,13H2/t20-/m1/s1. The summed E-state index contributed by atoms with van der Waals surface area (Å²) >= 11 is 9.46. The third-order valence-electron chi connectivity index (χ3n) is 4.47. The zero-order valence-corrected chi connectivity index (χ0v) is 16.2.